The number of aliphatic hydroxyl groups is 5. The number of hydrogen-bond acceptors (Lipinski definition) is 6. The minimum atomic E-state index is -1.40. The maximum atomic E-state index is 10.0. The highest BCUT2D eigenvalue weighted by molar-refractivity contribution is 5.39. The number of aliphatic hydroxyl groups excluding tert-OH is 5. The molecule has 0 radical (unpaired) electrons. The lowest BCUT2D eigenvalue weighted by atomic mass is 9.81. The van der Waals surface area contributed by atoms with Gasteiger partial charge in [0.25, 0.3) is 0 Å². The van der Waals surface area contributed by atoms with E-state index in [9.17, 15) is 25.5 Å². The molecule has 6 nitrogen and oxygen atoms in total. The van der Waals surface area contributed by atoms with E-state index in [1.54, 1.807) is 6.92 Å². The number of hydrogen-bond donors (Lipinski definition) is 5. The fourth-order valence-electron chi connectivity index (χ4n) is 2.57. The second-order valence-corrected chi connectivity index (χ2v) is 5.84. The molecule has 6 heteroatoms. The summed E-state index contributed by atoms with van der Waals surface area (Å²) in [4.78, 5) is 0. The van der Waals surface area contributed by atoms with Crippen LogP contribution >= 0.6 is 0 Å². The van der Waals surface area contributed by atoms with E-state index in [0.29, 0.717) is 12.8 Å². The smallest absolute Gasteiger partial charge is 0.109 e. The molecule has 0 heterocycles. The minimum Gasteiger partial charge on any atom is -0.396 e. The molecule has 0 bridgehead atoms. The van der Waals surface area contributed by atoms with Crippen LogP contribution in [0.3, 0.4) is 0 Å². The van der Waals surface area contributed by atoms with Gasteiger partial charge in [-0.2, -0.15) is 0 Å². The van der Waals surface area contributed by atoms with Crippen LogP contribution in [-0.4, -0.2) is 69.3 Å². The molecule has 0 aromatic rings. The first-order valence-corrected chi connectivity index (χ1v) is 8.36. The Morgan fingerprint density at radius 3 is 2.19 bits per heavy atom. The summed E-state index contributed by atoms with van der Waals surface area (Å²) in [5.41, 5.74) is 0. The van der Waals surface area contributed by atoms with Crippen molar-refractivity contribution >= 4 is 0 Å². The molecule has 1 saturated carbocycles. The van der Waals surface area contributed by atoms with Crippen LogP contribution in [-0.2, 0) is 4.74 Å². The van der Waals surface area contributed by atoms with Crippen molar-refractivity contribution in [3.05, 3.63) is 0 Å². The van der Waals surface area contributed by atoms with Crippen molar-refractivity contribution < 1.29 is 30.3 Å². The van der Waals surface area contributed by atoms with Crippen molar-refractivity contribution in [1.82, 2.24) is 0 Å². The standard InChI is InChI=1S/C20H24O6/c1-2-3-4-5-6-7-8-9-10-11-16(14-22)26-17-12-15(13-21)18(23)20(25)19(17)24/h15-25H,10-14H2,1H3/t15?,16?,17-,18-,19?,20+/m1/s1. The van der Waals surface area contributed by atoms with Crippen molar-refractivity contribution in [1.29, 1.82) is 0 Å². The summed E-state index contributed by atoms with van der Waals surface area (Å²) in [7, 11) is 0. The summed E-state index contributed by atoms with van der Waals surface area (Å²) in [6.07, 6.45) is -4.27. The molecule has 26 heavy (non-hydrogen) atoms. The van der Waals surface area contributed by atoms with Crippen molar-refractivity contribution in [2.45, 2.75) is 56.7 Å². The fourth-order valence-corrected chi connectivity index (χ4v) is 2.57. The van der Waals surface area contributed by atoms with Crippen LogP contribution in [0.15, 0.2) is 0 Å². The summed E-state index contributed by atoms with van der Waals surface area (Å²) in [6, 6.07) is 0. The van der Waals surface area contributed by atoms with Crippen molar-refractivity contribution in [2.24, 2.45) is 5.92 Å². The van der Waals surface area contributed by atoms with E-state index in [1.165, 1.54) is 0 Å². The van der Waals surface area contributed by atoms with Crippen molar-refractivity contribution in [3.63, 3.8) is 0 Å². The van der Waals surface area contributed by atoms with Crippen LogP contribution < -0.4 is 0 Å². The van der Waals surface area contributed by atoms with E-state index >= 15 is 0 Å². The SMILES string of the molecule is CC#CC#CC#CC#CCCC(CO)O[C@@H]1CC(CO)[C@@H](O)[C@H](O)C1O. The fraction of sp³-hybridized carbons (Fsp3) is 0.600. The lowest BCUT2D eigenvalue weighted by Gasteiger charge is -2.40. The lowest BCUT2D eigenvalue weighted by Crippen LogP contribution is -2.56. The van der Waals surface area contributed by atoms with Crippen molar-refractivity contribution in [3.8, 4) is 47.4 Å². The third-order valence-electron chi connectivity index (χ3n) is 4.02. The van der Waals surface area contributed by atoms with Gasteiger partial charge in [-0.1, -0.05) is 11.8 Å². The van der Waals surface area contributed by atoms with Gasteiger partial charge in [-0.15, -0.1) is 0 Å². The summed E-state index contributed by atoms with van der Waals surface area (Å²) in [6.45, 7) is 1.08. The summed E-state index contributed by atoms with van der Waals surface area (Å²) in [5.74, 6) is 20.2. The Balaban J connectivity index is 2.52. The highest BCUT2D eigenvalue weighted by Crippen LogP contribution is 2.28. The Bertz CT molecular complexity index is 670. The molecule has 6 atom stereocenters. The van der Waals surface area contributed by atoms with Gasteiger partial charge in [0.05, 0.1) is 24.9 Å². The summed E-state index contributed by atoms with van der Waals surface area (Å²) >= 11 is 0. The van der Waals surface area contributed by atoms with Crippen LogP contribution in [0.5, 0.6) is 0 Å². The van der Waals surface area contributed by atoms with Crippen LogP contribution in [0.4, 0.5) is 0 Å². The predicted octanol–water partition coefficient (Wildman–Crippen LogP) is -1.36. The topological polar surface area (TPSA) is 110 Å². The second kappa shape index (κ2) is 12.4. The van der Waals surface area contributed by atoms with E-state index in [1.807, 2.05) is 0 Å². The predicted molar refractivity (Wildman–Crippen MR) is 95.0 cm³/mol. The Morgan fingerprint density at radius 2 is 1.58 bits per heavy atom. The van der Waals surface area contributed by atoms with Gasteiger partial charge < -0.3 is 30.3 Å². The monoisotopic (exact) mass is 360 g/mol. The molecular formula is C20H24O6. The van der Waals surface area contributed by atoms with E-state index in [0.717, 1.165) is 0 Å². The average Bonchev–Trinajstić information content (AvgIpc) is 2.65. The van der Waals surface area contributed by atoms with Gasteiger partial charge in [0.2, 0.25) is 0 Å². The highest BCUT2D eigenvalue weighted by atomic mass is 16.5. The molecule has 140 valence electrons. The third-order valence-corrected chi connectivity index (χ3v) is 4.02. The van der Waals surface area contributed by atoms with Crippen molar-refractivity contribution in [2.75, 3.05) is 13.2 Å². The lowest BCUT2D eigenvalue weighted by molar-refractivity contribution is -0.194. The molecule has 0 aliphatic heterocycles. The van der Waals surface area contributed by atoms with E-state index in [-0.39, 0.29) is 19.6 Å². The molecule has 0 amide bonds. The maximum Gasteiger partial charge on any atom is 0.109 e. The summed E-state index contributed by atoms with van der Waals surface area (Å²) in [5, 5.41) is 48.4. The molecule has 5 N–H and O–H groups in total. The average molecular weight is 360 g/mol. The van der Waals surface area contributed by atoms with E-state index in [2.05, 4.69) is 47.4 Å². The maximum absolute atomic E-state index is 10.0. The zero-order valence-corrected chi connectivity index (χ0v) is 14.6. The molecule has 1 aliphatic carbocycles. The zero-order valence-electron chi connectivity index (χ0n) is 14.6. The van der Waals surface area contributed by atoms with Crippen LogP contribution in [0.2, 0.25) is 0 Å². The van der Waals surface area contributed by atoms with Crippen LogP contribution in [0, 0.1) is 53.3 Å². The highest BCUT2D eigenvalue weighted by Gasteiger charge is 2.43. The summed E-state index contributed by atoms with van der Waals surface area (Å²) < 4.78 is 5.65. The molecule has 1 fully saturated rings. The quantitative estimate of drug-likeness (QED) is 0.374. The molecule has 1 aliphatic rings. The van der Waals surface area contributed by atoms with Crippen LogP contribution in [0.25, 0.3) is 0 Å². The first kappa shape index (κ1) is 22.0. The Morgan fingerprint density at radius 1 is 0.923 bits per heavy atom. The molecule has 0 spiro atoms. The molecule has 0 aromatic carbocycles. The van der Waals surface area contributed by atoms with Gasteiger partial charge in [-0.3, -0.25) is 0 Å². The number of rotatable bonds is 6. The van der Waals surface area contributed by atoms with Crippen LogP contribution in [0.1, 0.15) is 26.2 Å². The van der Waals surface area contributed by atoms with Gasteiger partial charge in [0.1, 0.15) is 12.2 Å². The van der Waals surface area contributed by atoms with Gasteiger partial charge in [0, 0.05) is 18.9 Å². The molecule has 0 aromatic heterocycles. The first-order chi connectivity index (χ1) is 12.5. The third kappa shape index (κ3) is 7.09. The Hall–Kier alpha value is -2.00. The first-order valence-electron chi connectivity index (χ1n) is 8.36. The normalized spacial score (nSPS) is 28.0. The zero-order chi connectivity index (χ0) is 19.4. The van der Waals surface area contributed by atoms with Gasteiger partial charge >= 0.3 is 0 Å². The van der Waals surface area contributed by atoms with Gasteiger partial charge in [-0.25, -0.2) is 0 Å². The minimum absolute atomic E-state index is 0.183. The van der Waals surface area contributed by atoms with Gasteiger partial charge in [0.15, 0.2) is 0 Å². The molecular weight excluding hydrogens is 336 g/mol. The molecule has 0 saturated heterocycles. The van der Waals surface area contributed by atoms with E-state index < -0.39 is 36.4 Å². The number of ether oxygens (including phenoxy) is 1. The van der Waals surface area contributed by atoms with Gasteiger partial charge in [-0.05, 0) is 55.3 Å². The largest absolute Gasteiger partial charge is 0.396 e. The molecule has 3 unspecified atom stereocenters. The Kier molecular flexibility index (Phi) is 10.5. The molecule has 1 rings (SSSR count). The second-order valence-electron chi connectivity index (χ2n) is 5.84. The Labute approximate surface area is 154 Å². The van der Waals surface area contributed by atoms with E-state index in [4.69, 9.17) is 4.74 Å².